The lowest BCUT2D eigenvalue weighted by Gasteiger charge is -2.16. The lowest BCUT2D eigenvalue weighted by Crippen LogP contribution is -2.08. The number of hydrogen-bond donors (Lipinski definition) is 1. The first-order valence-corrected chi connectivity index (χ1v) is 6.71. The number of hydrogen-bond acceptors (Lipinski definition) is 2. The molecule has 0 aliphatic carbocycles. The summed E-state index contributed by atoms with van der Waals surface area (Å²) < 4.78 is 40.9. The molecular weight excluding hydrogens is 265 g/mol. The summed E-state index contributed by atoms with van der Waals surface area (Å²) in [5, 5.41) is 3.12. The lowest BCUT2D eigenvalue weighted by molar-refractivity contribution is 0.453. The van der Waals surface area contributed by atoms with Gasteiger partial charge in [0.05, 0.1) is 16.6 Å². The van der Waals surface area contributed by atoms with Crippen LogP contribution in [-0.2, 0) is 6.42 Å². The summed E-state index contributed by atoms with van der Waals surface area (Å²) in [6.45, 7) is 6.33. The lowest BCUT2D eigenvalue weighted by atomic mass is 10.0. The number of aromatic nitrogens is 1. The average Bonchev–Trinajstić information content (AvgIpc) is 2.44. The molecule has 0 unspecified atom stereocenters. The third kappa shape index (κ3) is 2.32. The van der Waals surface area contributed by atoms with Gasteiger partial charge in [0.15, 0.2) is 17.5 Å². The van der Waals surface area contributed by atoms with Crippen molar-refractivity contribution in [3.8, 4) is 0 Å². The number of aryl methyl sites for hydroxylation is 1. The zero-order valence-electron chi connectivity index (χ0n) is 11.8. The maximum atomic E-state index is 14.1. The topological polar surface area (TPSA) is 24.9 Å². The molecule has 1 heterocycles. The Bertz CT molecular complexity index is 654. The molecule has 1 N–H and O–H groups in total. The molecule has 0 bridgehead atoms. The molecule has 0 spiro atoms. The first kappa shape index (κ1) is 14.6. The Morgan fingerprint density at radius 1 is 1.15 bits per heavy atom. The Balaban J connectivity index is 2.82. The quantitative estimate of drug-likeness (QED) is 0.843. The molecule has 1 aromatic heterocycles. The Hall–Kier alpha value is -1.78. The highest BCUT2D eigenvalue weighted by atomic mass is 19.2. The van der Waals surface area contributed by atoms with Gasteiger partial charge in [-0.3, -0.25) is 4.98 Å². The largest absolute Gasteiger partial charge is 0.384 e. The Labute approximate surface area is 116 Å². The number of halogens is 3. The van der Waals surface area contributed by atoms with Crippen LogP contribution in [0.5, 0.6) is 0 Å². The van der Waals surface area contributed by atoms with Crippen LogP contribution in [0.2, 0.25) is 0 Å². The van der Waals surface area contributed by atoms with Crippen molar-refractivity contribution in [2.24, 2.45) is 0 Å². The minimum Gasteiger partial charge on any atom is -0.384 e. The second-order valence-corrected chi connectivity index (χ2v) is 4.72. The summed E-state index contributed by atoms with van der Waals surface area (Å²) in [5.41, 5.74) is 2.17. The highest BCUT2D eigenvalue weighted by Gasteiger charge is 2.20. The standard InChI is InChI=1S/C15H17F3N2/c1-4-6-19-15-8(3)10(5-2)20-11-7-9(16)13(17)14(18)12(11)15/h7H,4-6H2,1-3H3,(H,19,20). The van der Waals surface area contributed by atoms with E-state index in [2.05, 4.69) is 10.3 Å². The van der Waals surface area contributed by atoms with Crippen molar-refractivity contribution in [2.75, 3.05) is 11.9 Å². The molecule has 108 valence electrons. The molecule has 0 saturated carbocycles. The van der Waals surface area contributed by atoms with E-state index in [1.54, 1.807) is 0 Å². The number of anilines is 1. The minimum atomic E-state index is -1.46. The molecule has 20 heavy (non-hydrogen) atoms. The van der Waals surface area contributed by atoms with Crippen LogP contribution in [0.25, 0.3) is 10.9 Å². The average molecular weight is 282 g/mol. The van der Waals surface area contributed by atoms with E-state index in [-0.39, 0.29) is 10.9 Å². The Morgan fingerprint density at radius 3 is 2.45 bits per heavy atom. The molecule has 2 nitrogen and oxygen atoms in total. The molecule has 2 rings (SSSR count). The SMILES string of the molecule is CCCNc1c(C)c(CC)nc2cc(F)c(F)c(F)c12. The van der Waals surface area contributed by atoms with Gasteiger partial charge in [-0.15, -0.1) is 0 Å². The van der Waals surface area contributed by atoms with Crippen molar-refractivity contribution in [3.05, 3.63) is 34.8 Å². The van der Waals surface area contributed by atoms with Crippen LogP contribution in [0, 0.1) is 24.4 Å². The third-order valence-corrected chi connectivity index (χ3v) is 3.34. The van der Waals surface area contributed by atoms with Gasteiger partial charge in [0, 0.05) is 18.3 Å². The number of fused-ring (bicyclic) bond motifs is 1. The van der Waals surface area contributed by atoms with Crippen molar-refractivity contribution in [1.29, 1.82) is 0 Å². The van der Waals surface area contributed by atoms with Gasteiger partial charge in [0.25, 0.3) is 0 Å². The number of nitrogens with zero attached hydrogens (tertiary/aromatic N) is 1. The summed E-state index contributed by atoms with van der Waals surface area (Å²) in [6, 6.07) is 0.948. The molecule has 0 saturated heterocycles. The Kier molecular flexibility index (Phi) is 4.16. The molecule has 0 amide bonds. The number of benzene rings is 1. The van der Waals surface area contributed by atoms with Crippen molar-refractivity contribution in [3.63, 3.8) is 0 Å². The highest BCUT2D eigenvalue weighted by Crippen LogP contribution is 2.32. The number of nitrogens with one attached hydrogen (secondary N) is 1. The maximum Gasteiger partial charge on any atom is 0.195 e. The summed E-state index contributed by atoms with van der Waals surface area (Å²) in [7, 11) is 0. The molecule has 0 atom stereocenters. The van der Waals surface area contributed by atoms with E-state index in [1.165, 1.54) is 0 Å². The van der Waals surface area contributed by atoms with Gasteiger partial charge in [-0.1, -0.05) is 13.8 Å². The molecule has 0 aliphatic heterocycles. The van der Waals surface area contributed by atoms with Crippen molar-refractivity contribution >= 4 is 16.6 Å². The fourth-order valence-electron chi connectivity index (χ4n) is 2.28. The van der Waals surface area contributed by atoms with E-state index in [4.69, 9.17) is 0 Å². The normalized spacial score (nSPS) is 11.1. The van der Waals surface area contributed by atoms with Crippen LogP contribution in [-0.4, -0.2) is 11.5 Å². The first-order valence-electron chi connectivity index (χ1n) is 6.71. The van der Waals surface area contributed by atoms with Crippen LogP contribution < -0.4 is 5.32 Å². The van der Waals surface area contributed by atoms with Gasteiger partial charge in [-0.25, -0.2) is 13.2 Å². The van der Waals surface area contributed by atoms with Crippen molar-refractivity contribution in [1.82, 2.24) is 4.98 Å². The van der Waals surface area contributed by atoms with Crippen LogP contribution in [0.1, 0.15) is 31.5 Å². The van der Waals surface area contributed by atoms with Crippen LogP contribution in [0.4, 0.5) is 18.9 Å². The van der Waals surface area contributed by atoms with Crippen molar-refractivity contribution < 1.29 is 13.2 Å². The molecular formula is C15H17F3N2. The second-order valence-electron chi connectivity index (χ2n) is 4.72. The zero-order chi connectivity index (χ0) is 14.9. The van der Waals surface area contributed by atoms with Gasteiger partial charge >= 0.3 is 0 Å². The molecule has 2 aromatic rings. The van der Waals surface area contributed by atoms with Crippen LogP contribution in [0.3, 0.4) is 0 Å². The van der Waals surface area contributed by atoms with Gasteiger partial charge in [-0.05, 0) is 25.3 Å². The summed E-state index contributed by atoms with van der Waals surface area (Å²) in [4.78, 5) is 4.24. The molecule has 0 aliphatic rings. The van der Waals surface area contributed by atoms with E-state index in [9.17, 15) is 13.2 Å². The first-order chi connectivity index (χ1) is 9.51. The fraction of sp³-hybridized carbons (Fsp3) is 0.400. The van der Waals surface area contributed by atoms with E-state index in [0.29, 0.717) is 18.7 Å². The van der Waals surface area contributed by atoms with E-state index in [1.807, 2.05) is 20.8 Å². The predicted octanol–water partition coefficient (Wildman–Crippen LogP) is 4.34. The number of rotatable bonds is 4. The fourth-order valence-corrected chi connectivity index (χ4v) is 2.28. The van der Waals surface area contributed by atoms with E-state index >= 15 is 0 Å². The third-order valence-electron chi connectivity index (χ3n) is 3.34. The van der Waals surface area contributed by atoms with Gasteiger partial charge in [0.2, 0.25) is 0 Å². The smallest absolute Gasteiger partial charge is 0.195 e. The second kappa shape index (κ2) is 5.69. The molecule has 0 radical (unpaired) electrons. The zero-order valence-corrected chi connectivity index (χ0v) is 11.8. The van der Waals surface area contributed by atoms with Crippen LogP contribution in [0.15, 0.2) is 6.07 Å². The number of pyridine rings is 1. The summed E-state index contributed by atoms with van der Waals surface area (Å²) in [5.74, 6) is -3.85. The molecule has 5 heteroatoms. The monoisotopic (exact) mass is 282 g/mol. The van der Waals surface area contributed by atoms with Gasteiger partial charge in [-0.2, -0.15) is 0 Å². The Morgan fingerprint density at radius 2 is 1.85 bits per heavy atom. The molecule has 1 aromatic carbocycles. The molecule has 0 fully saturated rings. The van der Waals surface area contributed by atoms with Crippen LogP contribution >= 0.6 is 0 Å². The van der Waals surface area contributed by atoms with Gasteiger partial charge in [0.1, 0.15) is 0 Å². The predicted molar refractivity (Wildman–Crippen MR) is 74.5 cm³/mol. The summed E-state index contributed by atoms with van der Waals surface area (Å²) >= 11 is 0. The maximum absolute atomic E-state index is 14.1. The minimum absolute atomic E-state index is 0.0204. The van der Waals surface area contributed by atoms with E-state index in [0.717, 1.165) is 23.7 Å². The van der Waals surface area contributed by atoms with Gasteiger partial charge < -0.3 is 5.32 Å². The van der Waals surface area contributed by atoms with Crippen molar-refractivity contribution in [2.45, 2.75) is 33.6 Å². The highest BCUT2D eigenvalue weighted by molar-refractivity contribution is 5.94. The summed E-state index contributed by atoms with van der Waals surface area (Å²) in [6.07, 6.45) is 1.49. The van der Waals surface area contributed by atoms with E-state index < -0.39 is 17.5 Å².